The number of hydrogen-bond acceptors (Lipinski definition) is 3. The van der Waals surface area contributed by atoms with Crippen LogP contribution < -0.4 is 5.73 Å². The minimum atomic E-state index is 0.608. The van der Waals surface area contributed by atoms with Crippen molar-refractivity contribution in [3.05, 3.63) is 89.6 Å². The van der Waals surface area contributed by atoms with Crippen molar-refractivity contribution in [3.63, 3.8) is 0 Å². The maximum absolute atomic E-state index is 5.94. The predicted molar refractivity (Wildman–Crippen MR) is 107 cm³/mol. The van der Waals surface area contributed by atoms with Crippen LogP contribution in [0.2, 0.25) is 0 Å². The maximum Gasteiger partial charge on any atom is 0.0887 e. The Labute approximate surface area is 148 Å². The smallest absolute Gasteiger partial charge is 0.0887 e. The Bertz CT molecular complexity index is 938. The van der Waals surface area contributed by atoms with Gasteiger partial charge in [0.2, 0.25) is 0 Å². The number of hydrogen-bond donors (Lipinski definition) is 1. The van der Waals surface area contributed by atoms with E-state index >= 15 is 0 Å². The molecule has 0 radical (unpaired) electrons. The number of aliphatic imine (C=N–C) groups is 1. The lowest BCUT2D eigenvalue weighted by Crippen LogP contribution is -1.95. The minimum absolute atomic E-state index is 0.608. The van der Waals surface area contributed by atoms with Crippen LogP contribution in [0.5, 0.6) is 0 Å². The van der Waals surface area contributed by atoms with Crippen LogP contribution in [-0.4, -0.2) is 11.2 Å². The van der Waals surface area contributed by atoms with Gasteiger partial charge in [0.15, 0.2) is 0 Å². The van der Waals surface area contributed by atoms with Gasteiger partial charge >= 0.3 is 0 Å². The topological polar surface area (TPSA) is 51.3 Å². The van der Waals surface area contributed by atoms with Crippen LogP contribution in [0.1, 0.15) is 22.4 Å². The average molecular weight is 327 g/mol. The number of benzene rings is 2. The van der Waals surface area contributed by atoms with Crippen molar-refractivity contribution in [1.82, 2.24) is 4.98 Å². The van der Waals surface area contributed by atoms with Crippen molar-refractivity contribution in [3.8, 4) is 11.3 Å². The summed E-state index contributed by atoms with van der Waals surface area (Å²) in [5.74, 6) is 0. The number of rotatable bonds is 4. The number of nitrogen functional groups attached to an aromatic ring is 1. The molecule has 25 heavy (non-hydrogen) atoms. The molecule has 0 fully saturated rings. The minimum Gasteiger partial charge on any atom is -0.398 e. The van der Waals surface area contributed by atoms with Crippen molar-refractivity contribution in [2.75, 3.05) is 5.73 Å². The van der Waals surface area contributed by atoms with Crippen molar-refractivity contribution < 1.29 is 0 Å². The first kappa shape index (κ1) is 16.7. The van der Waals surface area contributed by atoms with Crippen LogP contribution in [0, 0.1) is 13.8 Å². The molecular weight excluding hydrogens is 306 g/mol. The van der Waals surface area contributed by atoms with Gasteiger partial charge in [0, 0.05) is 23.0 Å². The van der Waals surface area contributed by atoms with Gasteiger partial charge < -0.3 is 5.73 Å². The zero-order chi connectivity index (χ0) is 17.8. The Morgan fingerprint density at radius 2 is 1.72 bits per heavy atom. The molecule has 0 aliphatic carbocycles. The normalized spacial score (nSPS) is 11.0. The summed E-state index contributed by atoms with van der Waals surface area (Å²) in [6.07, 6.45) is 1.73. The van der Waals surface area contributed by atoms with Crippen LogP contribution in [0.3, 0.4) is 0 Å². The summed E-state index contributed by atoms with van der Waals surface area (Å²) in [5, 5.41) is 0. The highest BCUT2D eigenvalue weighted by Crippen LogP contribution is 2.24. The average Bonchev–Trinajstić information content (AvgIpc) is 2.62. The summed E-state index contributed by atoms with van der Waals surface area (Å²) in [6, 6.07) is 20.0. The van der Waals surface area contributed by atoms with E-state index < -0.39 is 0 Å². The summed E-state index contributed by atoms with van der Waals surface area (Å²) in [7, 11) is 0. The van der Waals surface area contributed by atoms with E-state index in [0.29, 0.717) is 11.4 Å². The highest BCUT2D eigenvalue weighted by molar-refractivity contribution is 5.90. The highest BCUT2D eigenvalue weighted by atomic mass is 14.8. The lowest BCUT2D eigenvalue weighted by atomic mass is 10.0. The molecule has 0 saturated heterocycles. The lowest BCUT2D eigenvalue weighted by molar-refractivity contribution is 1.22. The number of aromatic nitrogens is 1. The summed E-state index contributed by atoms with van der Waals surface area (Å²) >= 11 is 0. The van der Waals surface area contributed by atoms with Crippen LogP contribution >= 0.6 is 0 Å². The quantitative estimate of drug-likeness (QED) is 0.539. The molecule has 2 N–H and O–H groups in total. The zero-order valence-corrected chi connectivity index (χ0v) is 14.5. The standard InChI is InChI=1S/C22H21N3/c1-15-8-11-18(12-9-15)22-16(2)10-13-21(25-22)17(3)24-14-19-6-4-5-7-20(19)23/h4-14H,3,23H2,1-2H3. The number of aryl methyl sites for hydroxylation is 2. The number of pyridine rings is 1. The Kier molecular flexibility index (Phi) is 4.75. The molecule has 0 aliphatic heterocycles. The Morgan fingerprint density at radius 3 is 2.44 bits per heavy atom. The molecule has 1 heterocycles. The molecule has 3 aromatic rings. The van der Waals surface area contributed by atoms with Gasteiger partial charge in [-0.25, -0.2) is 4.98 Å². The predicted octanol–water partition coefficient (Wildman–Crippen LogP) is 5.04. The van der Waals surface area contributed by atoms with E-state index in [1.165, 1.54) is 5.56 Å². The molecule has 0 saturated carbocycles. The van der Waals surface area contributed by atoms with Crippen LogP contribution in [-0.2, 0) is 0 Å². The summed E-state index contributed by atoms with van der Waals surface area (Å²) in [6.45, 7) is 8.18. The summed E-state index contributed by atoms with van der Waals surface area (Å²) in [4.78, 5) is 9.20. The fraction of sp³-hybridized carbons (Fsp3) is 0.0909. The van der Waals surface area contributed by atoms with E-state index in [1.807, 2.05) is 30.3 Å². The van der Waals surface area contributed by atoms with E-state index in [2.05, 4.69) is 55.8 Å². The second-order valence-corrected chi connectivity index (χ2v) is 6.06. The SMILES string of the molecule is C=C(N=Cc1ccccc1N)c1ccc(C)c(-c2ccc(C)cc2)n1. The van der Waals surface area contributed by atoms with Crippen LogP contribution in [0.25, 0.3) is 17.0 Å². The van der Waals surface area contributed by atoms with Crippen molar-refractivity contribution in [2.24, 2.45) is 4.99 Å². The third-order valence-corrected chi connectivity index (χ3v) is 4.07. The first-order chi connectivity index (χ1) is 12.0. The molecule has 0 bridgehead atoms. The van der Waals surface area contributed by atoms with Crippen LogP contribution in [0.4, 0.5) is 5.69 Å². The number of nitrogens with zero attached hydrogens (tertiary/aromatic N) is 2. The first-order valence-electron chi connectivity index (χ1n) is 8.17. The second kappa shape index (κ2) is 7.14. The highest BCUT2D eigenvalue weighted by Gasteiger charge is 2.07. The molecule has 3 nitrogen and oxygen atoms in total. The number of para-hydroxylation sites is 1. The molecule has 124 valence electrons. The number of nitrogens with two attached hydrogens (primary N) is 1. The molecule has 1 aromatic heterocycles. The van der Waals surface area contributed by atoms with E-state index in [0.717, 1.165) is 28.1 Å². The molecule has 2 aromatic carbocycles. The molecule has 0 amide bonds. The Hall–Kier alpha value is -3.20. The molecule has 3 rings (SSSR count). The fourth-order valence-electron chi connectivity index (χ4n) is 2.54. The second-order valence-electron chi connectivity index (χ2n) is 6.06. The third kappa shape index (κ3) is 3.83. The van der Waals surface area contributed by atoms with Gasteiger partial charge in [-0.05, 0) is 31.5 Å². The molecule has 0 spiro atoms. The summed E-state index contributed by atoms with van der Waals surface area (Å²) < 4.78 is 0. The molecule has 0 atom stereocenters. The van der Waals surface area contributed by atoms with E-state index in [-0.39, 0.29) is 0 Å². The Balaban J connectivity index is 1.90. The van der Waals surface area contributed by atoms with Gasteiger partial charge in [0.25, 0.3) is 0 Å². The van der Waals surface area contributed by atoms with Gasteiger partial charge in [0.05, 0.1) is 17.1 Å². The Morgan fingerprint density at radius 1 is 1.00 bits per heavy atom. The first-order valence-corrected chi connectivity index (χ1v) is 8.17. The van der Waals surface area contributed by atoms with Gasteiger partial charge in [-0.15, -0.1) is 0 Å². The fourth-order valence-corrected chi connectivity index (χ4v) is 2.54. The van der Waals surface area contributed by atoms with Gasteiger partial charge in [-0.3, -0.25) is 4.99 Å². The maximum atomic E-state index is 5.94. The van der Waals surface area contributed by atoms with E-state index in [1.54, 1.807) is 6.21 Å². The van der Waals surface area contributed by atoms with Crippen molar-refractivity contribution in [1.29, 1.82) is 0 Å². The van der Waals surface area contributed by atoms with Crippen molar-refractivity contribution >= 4 is 17.6 Å². The molecule has 0 unspecified atom stereocenters. The molecule has 0 aliphatic rings. The van der Waals surface area contributed by atoms with Crippen LogP contribution in [0.15, 0.2) is 72.2 Å². The molecule has 3 heteroatoms. The summed E-state index contributed by atoms with van der Waals surface area (Å²) in [5.41, 5.74) is 13.3. The largest absolute Gasteiger partial charge is 0.398 e. The van der Waals surface area contributed by atoms with Gasteiger partial charge in [-0.1, -0.05) is 60.7 Å². The zero-order valence-electron chi connectivity index (χ0n) is 14.5. The van der Waals surface area contributed by atoms with E-state index in [9.17, 15) is 0 Å². The number of anilines is 1. The van der Waals surface area contributed by atoms with Gasteiger partial charge in [0.1, 0.15) is 0 Å². The third-order valence-electron chi connectivity index (χ3n) is 4.07. The molecular formula is C22H21N3. The lowest BCUT2D eigenvalue weighted by Gasteiger charge is -2.08. The monoisotopic (exact) mass is 327 g/mol. The van der Waals surface area contributed by atoms with Crippen molar-refractivity contribution in [2.45, 2.75) is 13.8 Å². The van der Waals surface area contributed by atoms with Gasteiger partial charge in [-0.2, -0.15) is 0 Å². The van der Waals surface area contributed by atoms with E-state index in [4.69, 9.17) is 10.7 Å².